The fraction of sp³-hybridized carbons (Fsp3) is 0.261. The lowest BCUT2D eigenvalue weighted by Crippen LogP contribution is -2.49. The molecule has 0 aliphatic carbocycles. The van der Waals surface area contributed by atoms with E-state index in [2.05, 4.69) is 15.3 Å². The highest BCUT2D eigenvalue weighted by Gasteiger charge is 2.37. The number of piperidine rings is 1. The van der Waals surface area contributed by atoms with Crippen LogP contribution in [-0.2, 0) is 6.54 Å². The molecule has 1 fully saturated rings. The molecule has 1 saturated heterocycles. The average Bonchev–Trinajstić information content (AvgIpc) is 2.81. The van der Waals surface area contributed by atoms with Crippen molar-refractivity contribution in [2.75, 3.05) is 18.4 Å². The highest BCUT2D eigenvalue weighted by molar-refractivity contribution is 6.04. The summed E-state index contributed by atoms with van der Waals surface area (Å²) in [6.45, 7) is 1.69. The number of hydrogen-bond acceptors (Lipinski definition) is 5. The zero-order chi connectivity index (χ0) is 21.4. The first kappa shape index (κ1) is 19.2. The van der Waals surface area contributed by atoms with E-state index in [1.807, 2.05) is 11.0 Å². The van der Waals surface area contributed by atoms with E-state index in [1.54, 1.807) is 47.3 Å². The summed E-state index contributed by atoms with van der Waals surface area (Å²) in [6.07, 6.45) is 7.25. The molecule has 0 aromatic carbocycles. The van der Waals surface area contributed by atoms with Crippen molar-refractivity contribution >= 4 is 17.5 Å². The Balaban J connectivity index is 1.39. The van der Waals surface area contributed by atoms with Crippen LogP contribution in [0.5, 0.6) is 0 Å². The molecular formula is C23H21N5O3. The lowest BCUT2D eigenvalue weighted by molar-refractivity contribution is 0.0594. The quantitative estimate of drug-likeness (QED) is 0.707. The molecule has 3 aromatic heterocycles. The van der Waals surface area contributed by atoms with E-state index in [1.165, 1.54) is 12.4 Å². The van der Waals surface area contributed by atoms with Gasteiger partial charge in [0.1, 0.15) is 5.69 Å². The Labute approximate surface area is 178 Å². The van der Waals surface area contributed by atoms with Gasteiger partial charge < -0.3 is 14.8 Å². The molecule has 156 valence electrons. The first-order valence-corrected chi connectivity index (χ1v) is 10.2. The van der Waals surface area contributed by atoms with Gasteiger partial charge >= 0.3 is 0 Å². The van der Waals surface area contributed by atoms with Crippen LogP contribution in [0.3, 0.4) is 0 Å². The second-order valence-corrected chi connectivity index (χ2v) is 8.03. The van der Waals surface area contributed by atoms with Crippen molar-refractivity contribution in [1.82, 2.24) is 19.4 Å². The Hall–Kier alpha value is -3.81. The number of pyridine rings is 3. The molecule has 2 atom stereocenters. The third-order valence-corrected chi connectivity index (χ3v) is 5.99. The standard InChI is InChI=1S/C23H21N5O3/c29-21(16-5-8-24-9-6-16)26-19-3-4-20-18-10-15(13-28(20)23(19)31)12-27(14-18)22(30)17-2-1-7-25-11-17/h1-9,11,15,18H,10,12-14H2,(H,26,29)/t15-,18+/m0/s1. The van der Waals surface area contributed by atoms with Crippen molar-refractivity contribution in [2.45, 2.75) is 18.9 Å². The first-order valence-electron chi connectivity index (χ1n) is 10.2. The molecule has 2 bridgehead atoms. The van der Waals surface area contributed by atoms with Crippen molar-refractivity contribution in [2.24, 2.45) is 5.92 Å². The molecule has 8 nitrogen and oxygen atoms in total. The summed E-state index contributed by atoms with van der Waals surface area (Å²) in [4.78, 5) is 48.2. The summed E-state index contributed by atoms with van der Waals surface area (Å²) in [5.41, 5.74) is 1.98. The molecular weight excluding hydrogens is 394 g/mol. The Bertz CT molecular complexity index is 1190. The van der Waals surface area contributed by atoms with E-state index >= 15 is 0 Å². The molecule has 8 heteroatoms. The third-order valence-electron chi connectivity index (χ3n) is 5.99. The number of aromatic nitrogens is 3. The minimum absolute atomic E-state index is 0.0279. The van der Waals surface area contributed by atoms with E-state index in [0.29, 0.717) is 30.8 Å². The number of likely N-dealkylation sites (tertiary alicyclic amines) is 1. The summed E-state index contributed by atoms with van der Waals surface area (Å²) in [5, 5.41) is 2.72. The summed E-state index contributed by atoms with van der Waals surface area (Å²) >= 11 is 0. The number of amides is 2. The second-order valence-electron chi connectivity index (χ2n) is 8.03. The summed E-state index contributed by atoms with van der Waals surface area (Å²) in [5.74, 6) is -0.0920. The first-order chi connectivity index (χ1) is 15.1. The van der Waals surface area contributed by atoms with Crippen LogP contribution in [0.15, 0.2) is 66.0 Å². The van der Waals surface area contributed by atoms with Crippen molar-refractivity contribution in [3.63, 3.8) is 0 Å². The number of fused-ring (bicyclic) bond motifs is 4. The summed E-state index contributed by atoms with van der Waals surface area (Å²) < 4.78 is 1.76. The Morgan fingerprint density at radius 3 is 2.55 bits per heavy atom. The van der Waals surface area contributed by atoms with Gasteiger partial charge in [-0.2, -0.15) is 0 Å². The monoisotopic (exact) mass is 415 g/mol. The van der Waals surface area contributed by atoms with Crippen LogP contribution in [-0.4, -0.2) is 44.3 Å². The second kappa shape index (κ2) is 7.79. The van der Waals surface area contributed by atoms with Gasteiger partial charge in [0.05, 0.1) is 5.56 Å². The van der Waals surface area contributed by atoms with Crippen LogP contribution in [0.25, 0.3) is 0 Å². The molecule has 5 rings (SSSR count). The number of rotatable bonds is 3. The molecule has 2 aliphatic heterocycles. The lowest BCUT2D eigenvalue weighted by atomic mass is 9.83. The van der Waals surface area contributed by atoms with E-state index < -0.39 is 0 Å². The van der Waals surface area contributed by atoms with Crippen molar-refractivity contribution in [1.29, 1.82) is 0 Å². The van der Waals surface area contributed by atoms with E-state index in [-0.39, 0.29) is 34.9 Å². The number of carbonyl (C=O) groups excluding carboxylic acids is 2. The van der Waals surface area contributed by atoms with Gasteiger partial charge in [-0.25, -0.2) is 0 Å². The molecule has 0 unspecified atom stereocenters. The molecule has 3 aromatic rings. The molecule has 0 spiro atoms. The Kier molecular flexibility index (Phi) is 4.82. The lowest BCUT2D eigenvalue weighted by Gasteiger charge is -2.42. The maximum Gasteiger partial charge on any atom is 0.274 e. The van der Waals surface area contributed by atoms with Crippen LogP contribution in [0, 0.1) is 5.92 Å². The van der Waals surface area contributed by atoms with Gasteiger partial charge in [-0.3, -0.25) is 24.4 Å². The number of carbonyl (C=O) groups is 2. The fourth-order valence-electron chi connectivity index (χ4n) is 4.58. The van der Waals surface area contributed by atoms with Crippen molar-refractivity contribution in [3.05, 3.63) is 88.4 Å². The predicted molar refractivity (Wildman–Crippen MR) is 114 cm³/mol. The van der Waals surface area contributed by atoms with E-state index in [0.717, 1.165) is 12.1 Å². The van der Waals surface area contributed by atoms with Gasteiger partial charge in [0, 0.05) is 61.6 Å². The van der Waals surface area contributed by atoms with Crippen LogP contribution >= 0.6 is 0 Å². The van der Waals surface area contributed by atoms with E-state index in [9.17, 15) is 14.4 Å². The average molecular weight is 415 g/mol. The summed E-state index contributed by atoms with van der Waals surface area (Å²) in [7, 11) is 0. The Morgan fingerprint density at radius 2 is 1.77 bits per heavy atom. The summed E-state index contributed by atoms with van der Waals surface area (Å²) in [6, 6.07) is 10.3. The smallest absolute Gasteiger partial charge is 0.274 e. The Morgan fingerprint density at radius 1 is 0.935 bits per heavy atom. The van der Waals surface area contributed by atoms with Gasteiger partial charge in [0.25, 0.3) is 17.4 Å². The minimum Gasteiger partial charge on any atom is -0.338 e. The fourth-order valence-corrected chi connectivity index (χ4v) is 4.58. The van der Waals surface area contributed by atoms with Crippen molar-refractivity contribution in [3.8, 4) is 0 Å². The molecule has 5 heterocycles. The molecule has 1 N–H and O–H groups in total. The topological polar surface area (TPSA) is 97.2 Å². The minimum atomic E-state index is -0.343. The third kappa shape index (κ3) is 3.61. The van der Waals surface area contributed by atoms with Crippen LogP contribution in [0.2, 0.25) is 0 Å². The van der Waals surface area contributed by atoms with Crippen LogP contribution in [0.4, 0.5) is 5.69 Å². The largest absolute Gasteiger partial charge is 0.338 e. The number of hydrogen-bond donors (Lipinski definition) is 1. The zero-order valence-electron chi connectivity index (χ0n) is 16.8. The molecule has 2 amide bonds. The molecule has 31 heavy (non-hydrogen) atoms. The van der Waals surface area contributed by atoms with Crippen LogP contribution in [0.1, 0.15) is 38.7 Å². The SMILES string of the molecule is O=C(Nc1ccc2n(c1=O)C[C@H]1C[C@@H]2CN(C(=O)c2cccnc2)C1)c1ccncc1. The number of nitrogens with zero attached hydrogens (tertiary/aromatic N) is 4. The van der Waals surface area contributed by atoms with Crippen LogP contribution < -0.4 is 10.9 Å². The molecule has 2 aliphatic rings. The predicted octanol–water partition coefficient (Wildman–Crippen LogP) is 2.15. The number of anilines is 1. The zero-order valence-corrected chi connectivity index (χ0v) is 16.8. The van der Waals surface area contributed by atoms with E-state index in [4.69, 9.17) is 0 Å². The molecule has 0 radical (unpaired) electrons. The van der Waals surface area contributed by atoms with Gasteiger partial charge in [0.2, 0.25) is 0 Å². The highest BCUT2D eigenvalue weighted by atomic mass is 16.2. The van der Waals surface area contributed by atoms with Gasteiger partial charge in [0.15, 0.2) is 0 Å². The van der Waals surface area contributed by atoms with Gasteiger partial charge in [-0.1, -0.05) is 0 Å². The van der Waals surface area contributed by atoms with Crippen molar-refractivity contribution < 1.29 is 9.59 Å². The molecule has 0 saturated carbocycles. The highest BCUT2D eigenvalue weighted by Crippen LogP contribution is 2.36. The normalized spacial score (nSPS) is 19.4. The van der Waals surface area contributed by atoms with Gasteiger partial charge in [-0.05, 0) is 48.7 Å². The van der Waals surface area contributed by atoms with Gasteiger partial charge in [-0.15, -0.1) is 0 Å². The number of nitrogens with one attached hydrogen (secondary N) is 1. The maximum atomic E-state index is 13.1. The maximum absolute atomic E-state index is 13.1.